The van der Waals surface area contributed by atoms with E-state index in [1.54, 1.807) is 36.0 Å². The fourth-order valence-electron chi connectivity index (χ4n) is 2.85. The van der Waals surface area contributed by atoms with Crippen molar-refractivity contribution in [3.63, 3.8) is 0 Å². The summed E-state index contributed by atoms with van der Waals surface area (Å²) >= 11 is 1.76. The minimum absolute atomic E-state index is 0.239. The summed E-state index contributed by atoms with van der Waals surface area (Å²) in [5.41, 5.74) is 3.52. The molecule has 2 aromatic carbocycles. The average molecular weight is 379 g/mol. The lowest BCUT2D eigenvalue weighted by atomic mass is 10.1. The van der Waals surface area contributed by atoms with Crippen LogP contribution in [0, 0.1) is 0 Å². The van der Waals surface area contributed by atoms with E-state index in [0.29, 0.717) is 16.8 Å². The topological polar surface area (TPSA) is 73.2 Å². The van der Waals surface area contributed by atoms with Crippen LogP contribution in [0.5, 0.6) is 0 Å². The van der Waals surface area contributed by atoms with Crippen molar-refractivity contribution in [1.29, 1.82) is 0 Å². The summed E-state index contributed by atoms with van der Waals surface area (Å²) in [5, 5.41) is 3.91. The molecule has 0 spiro atoms. The Morgan fingerprint density at radius 2 is 1.78 bits per heavy atom. The number of hydrogen-bond acceptors (Lipinski definition) is 5. The maximum absolute atomic E-state index is 12.4. The van der Waals surface area contributed by atoms with Crippen molar-refractivity contribution in [2.24, 2.45) is 0 Å². The number of amides is 1. The highest BCUT2D eigenvalue weighted by Crippen LogP contribution is 2.29. The lowest BCUT2D eigenvalue weighted by Gasteiger charge is -2.07. The monoisotopic (exact) mass is 379 g/mol. The average Bonchev–Trinajstić information content (AvgIpc) is 3.30. The van der Waals surface area contributed by atoms with E-state index in [1.165, 1.54) is 7.11 Å². The highest BCUT2D eigenvalue weighted by atomic mass is 32.2. The van der Waals surface area contributed by atoms with E-state index < -0.39 is 5.97 Å². The van der Waals surface area contributed by atoms with Gasteiger partial charge in [0, 0.05) is 35.3 Å². The maximum Gasteiger partial charge on any atom is 0.337 e. The van der Waals surface area contributed by atoms with Crippen LogP contribution >= 0.6 is 11.8 Å². The molecule has 0 saturated heterocycles. The quantitative estimate of drug-likeness (QED) is 0.700. The number of aryl methyl sites for hydroxylation is 1. The standard InChI is InChI=1S/C20H17N3O3S/c1-26-19(25)15-4-2-14(3-5-15)18(24)21-16-8-6-13(7-9-16)17-12-23-10-11-27-20(23)22-17/h2-9,12H,10-11H2,1H3,(H,21,24). The van der Waals surface area contributed by atoms with Crippen LogP contribution < -0.4 is 5.32 Å². The molecule has 0 aliphatic carbocycles. The van der Waals surface area contributed by atoms with E-state index >= 15 is 0 Å². The SMILES string of the molecule is COC(=O)c1ccc(C(=O)Nc2ccc(-c3cn4c(n3)SCC4)cc2)cc1. The maximum atomic E-state index is 12.4. The number of carbonyl (C=O) groups is 2. The normalized spacial score (nSPS) is 12.5. The van der Waals surface area contributed by atoms with Crippen molar-refractivity contribution >= 4 is 29.3 Å². The Morgan fingerprint density at radius 1 is 1.07 bits per heavy atom. The lowest BCUT2D eigenvalue weighted by Crippen LogP contribution is -2.12. The number of imidazole rings is 1. The van der Waals surface area contributed by atoms with Crippen molar-refractivity contribution in [2.45, 2.75) is 11.7 Å². The fourth-order valence-corrected chi connectivity index (χ4v) is 3.80. The molecule has 0 atom stereocenters. The molecule has 0 unspecified atom stereocenters. The molecule has 1 aromatic heterocycles. The zero-order chi connectivity index (χ0) is 18.8. The second kappa shape index (κ2) is 7.28. The molecule has 2 heterocycles. The number of anilines is 1. The number of methoxy groups -OCH3 is 1. The van der Waals surface area contributed by atoms with Crippen molar-refractivity contribution in [3.8, 4) is 11.3 Å². The highest BCUT2D eigenvalue weighted by Gasteiger charge is 2.15. The molecule has 0 bridgehead atoms. The first kappa shape index (κ1) is 17.4. The van der Waals surface area contributed by atoms with Gasteiger partial charge in [0.1, 0.15) is 0 Å². The number of thioether (sulfide) groups is 1. The van der Waals surface area contributed by atoms with Crippen molar-refractivity contribution in [1.82, 2.24) is 9.55 Å². The van der Waals surface area contributed by atoms with Gasteiger partial charge in [-0.05, 0) is 36.4 Å². The predicted octanol–water partition coefficient (Wildman–Crippen LogP) is 3.69. The fraction of sp³-hybridized carbons (Fsp3) is 0.150. The van der Waals surface area contributed by atoms with E-state index in [4.69, 9.17) is 0 Å². The Hall–Kier alpha value is -3.06. The summed E-state index contributed by atoms with van der Waals surface area (Å²) < 4.78 is 6.81. The Bertz CT molecular complexity index is 973. The van der Waals surface area contributed by atoms with Crippen LogP contribution in [-0.2, 0) is 11.3 Å². The number of nitrogens with one attached hydrogen (secondary N) is 1. The summed E-state index contributed by atoms with van der Waals surface area (Å²) in [6.45, 7) is 0.996. The number of aromatic nitrogens is 2. The van der Waals surface area contributed by atoms with Crippen LogP contribution in [0.15, 0.2) is 59.9 Å². The Balaban J connectivity index is 1.44. The van der Waals surface area contributed by atoms with Crippen LogP contribution in [0.3, 0.4) is 0 Å². The van der Waals surface area contributed by atoms with Gasteiger partial charge in [0.2, 0.25) is 0 Å². The summed E-state index contributed by atoms with van der Waals surface area (Å²) in [4.78, 5) is 28.4. The van der Waals surface area contributed by atoms with Gasteiger partial charge in [-0.15, -0.1) is 0 Å². The van der Waals surface area contributed by atoms with Crippen molar-refractivity contribution in [3.05, 3.63) is 65.9 Å². The third kappa shape index (κ3) is 3.59. The molecule has 1 aliphatic heterocycles. The van der Waals surface area contributed by atoms with Crippen molar-refractivity contribution < 1.29 is 14.3 Å². The number of esters is 1. The van der Waals surface area contributed by atoms with Crippen LogP contribution in [-0.4, -0.2) is 34.3 Å². The smallest absolute Gasteiger partial charge is 0.337 e. The molecule has 7 heteroatoms. The molecular formula is C20H17N3O3S. The largest absolute Gasteiger partial charge is 0.465 e. The number of ether oxygens (including phenoxy) is 1. The summed E-state index contributed by atoms with van der Waals surface area (Å²) in [7, 11) is 1.32. The van der Waals surface area contributed by atoms with Gasteiger partial charge in [-0.25, -0.2) is 9.78 Å². The highest BCUT2D eigenvalue weighted by molar-refractivity contribution is 7.99. The van der Waals surface area contributed by atoms with Gasteiger partial charge >= 0.3 is 5.97 Å². The minimum Gasteiger partial charge on any atom is -0.465 e. The van der Waals surface area contributed by atoms with Gasteiger partial charge in [0.15, 0.2) is 5.16 Å². The molecule has 0 saturated carbocycles. The Kier molecular flexibility index (Phi) is 4.68. The van der Waals surface area contributed by atoms with E-state index in [1.807, 2.05) is 24.3 Å². The van der Waals surface area contributed by atoms with E-state index in [-0.39, 0.29) is 5.91 Å². The molecule has 4 rings (SSSR count). The van der Waals surface area contributed by atoms with Gasteiger partial charge in [-0.3, -0.25) is 4.79 Å². The molecule has 3 aromatic rings. The third-order valence-corrected chi connectivity index (χ3v) is 5.28. The van der Waals surface area contributed by atoms with Gasteiger partial charge in [-0.2, -0.15) is 0 Å². The Labute approximate surface area is 160 Å². The molecule has 1 amide bonds. The van der Waals surface area contributed by atoms with Crippen LogP contribution in [0.4, 0.5) is 5.69 Å². The summed E-state index contributed by atoms with van der Waals surface area (Å²) in [6.07, 6.45) is 2.06. The second-order valence-corrected chi connectivity index (χ2v) is 7.11. The van der Waals surface area contributed by atoms with Crippen molar-refractivity contribution in [2.75, 3.05) is 18.2 Å². The molecule has 0 radical (unpaired) electrons. The first-order valence-electron chi connectivity index (χ1n) is 8.44. The minimum atomic E-state index is -0.429. The first-order valence-corrected chi connectivity index (χ1v) is 9.43. The third-order valence-electron chi connectivity index (χ3n) is 4.31. The van der Waals surface area contributed by atoms with Crippen LogP contribution in [0.25, 0.3) is 11.3 Å². The summed E-state index contributed by atoms with van der Waals surface area (Å²) in [6, 6.07) is 13.9. The van der Waals surface area contributed by atoms with Crippen LogP contribution in [0.2, 0.25) is 0 Å². The first-order chi connectivity index (χ1) is 13.1. The molecule has 1 aliphatic rings. The van der Waals surface area contributed by atoms with Gasteiger partial charge in [0.25, 0.3) is 5.91 Å². The molecule has 27 heavy (non-hydrogen) atoms. The number of benzene rings is 2. The molecule has 136 valence electrons. The molecule has 1 N–H and O–H groups in total. The second-order valence-electron chi connectivity index (χ2n) is 6.05. The predicted molar refractivity (Wildman–Crippen MR) is 104 cm³/mol. The van der Waals surface area contributed by atoms with E-state index in [0.717, 1.165) is 28.7 Å². The molecule has 6 nitrogen and oxygen atoms in total. The molecule has 0 fully saturated rings. The van der Waals surface area contributed by atoms with E-state index in [9.17, 15) is 9.59 Å². The van der Waals surface area contributed by atoms with Gasteiger partial charge in [0.05, 0.1) is 18.4 Å². The number of fused-ring (bicyclic) bond motifs is 1. The lowest BCUT2D eigenvalue weighted by molar-refractivity contribution is 0.0600. The van der Waals surface area contributed by atoms with E-state index in [2.05, 4.69) is 25.8 Å². The van der Waals surface area contributed by atoms with Gasteiger partial charge in [-0.1, -0.05) is 23.9 Å². The summed E-state index contributed by atoms with van der Waals surface area (Å²) in [5.74, 6) is 0.409. The number of rotatable bonds is 4. The number of hydrogen-bond donors (Lipinski definition) is 1. The zero-order valence-electron chi connectivity index (χ0n) is 14.6. The Morgan fingerprint density at radius 3 is 2.44 bits per heavy atom. The molecular weight excluding hydrogens is 362 g/mol. The van der Waals surface area contributed by atoms with Gasteiger partial charge < -0.3 is 14.6 Å². The number of nitrogens with zero attached hydrogens (tertiary/aromatic N) is 2. The zero-order valence-corrected chi connectivity index (χ0v) is 15.5. The number of carbonyl (C=O) groups excluding carboxylic acids is 2. The van der Waals surface area contributed by atoms with Crippen LogP contribution in [0.1, 0.15) is 20.7 Å².